The smallest absolute Gasteiger partial charge is 0.197 e. The number of rotatable bonds is 2. The quantitative estimate of drug-likeness (QED) is 0.788. The fraction of sp³-hybridized carbons (Fsp3) is 0.250. The Hall–Kier alpha value is -0.950. The third-order valence-electron chi connectivity index (χ3n) is 1.86. The van der Waals surface area contributed by atoms with Crippen LogP contribution in [0.2, 0.25) is 0 Å². The summed E-state index contributed by atoms with van der Waals surface area (Å²) < 4.78 is 2.68. The van der Waals surface area contributed by atoms with Crippen LogP contribution in [0.4, 0.5) is 0 Å². The van der Waals surface area contributed by atoms with E-state index >= 15 is 0 Å². The van der Waals surface area contributed by atoms with Gasteiger partial charge in [0.25, 0.3) is 0 Å². The van der Waals surface area contributed by atoms with E-state index in [2.05, 4.69) is 36.1 Å². The molecule has 2 aromatic rings. The highest BCUT2D eigenvalue weighted by Gasteiger charge is 2.07. The minimum Gasteiger partial charge on any atom is -0.309 e. The second-order valence-electron chi connectivity index (χ2n) is 2.87. The summed E-state index contributed by atoms with van der Waals surface area (Å²) in [5.74, 6) is 0.880. The van der Waals surface area contributed by atoms with E-state index in [1.165, 1.54) is 18.1 Å². The van der Waals surface area contributed by atoms with Crippen LogP contribution in [-0.4, -0.2) is 24.7 Å². The number of hydrogen-bond donors (Lipinski definition) is 0. The molecule has 0 radical (unpaired) electrons. The molecule has 2 rings (SSSR count). The first kappa shape index (κ1) is 10.6. The van der Waals surface area contributed by atoms with Gasteiger partial charge < -0.3 is 4.57 Å². The van der Waals surface area contributed by atoms with Gasteiger partial charge in [-0.3, -0.25) is 0 Å². The lowest BCUT2D eigenvalue weighted by Crippen LogP contribution is -1.93. The van der Waals surface area contributed by atoms with Gasteiger partial charge in [0.15, 0.2) is 5.16 Å². The molecule has 7 heteroatoms. The van der Waals surface area contributed by atoms with Crippen molar-refractivity contribution >= 4 is 27.7 Å². The molecule has 0 saturated heterocycles. The van der Waals surface area contributed by atoms with Gasteiger partial charge in [0.05, 0.1) is 0 Å². The second-order valence-corrected chi connectivity index (χ2v) is 4.67. The number of halogens is 1. The number of aryl methyl sites for hydroxylation is 1. The topological polar surface area (TPSA) is 56.5 Å². The van der Waals surface area contributed by atoms with Crippen molar-refractivity contribution in [3.63, 3.8) is 0 Å². The number of aromatic nitrogens is 5. The lowest BCUT2D eigenvalue weighted by molar-refractivity contribution is 0.764. The maximum absolute atomic E-state index is 4.13. The molecule has 0 fully saturated rings. The third-order valence-corrected chi connectivity index (χ3v) is 3.26. The molecule has 2 heterocycles. The Kier molecular flexibility index (Phi) is 3.01. The van der Waals surface area contributed by atoms with Crippen molar-refractivity contribution in [2.75, 3.05) is 0 Å². The molecule has 15 heavy (non-hydrogen) atoms. The molecule has 0 unspecified atom stereocenters. The summed E-state index contributed by atoms with van der Waals surface area (Å²) in [6.07, 6.45) is 1.51. The summed E-state index contributed by atoms with van der Waals surface area (Å²) in [5, 5.41) is 9.67. The standard InChI is InChI=1S/C8H8BrN5S/c1-5-12-13-8(14(5)2)15-7-3-6(9)10-4-11-7/h3-4H,1-2H3. The molecule has 0 N–H and O–H groups in total. The lowest BCUT2D eigenvalue weighted by Gasteiger charge is -2.00. The first-order valence-electron chi connectivity index (χ1n) is 4.18. The Bertz CT molecular complexity index is 484. The highest BCUT2D eigenvalue weighted by molar-refractivity contribution is 9.10. The highest BCUT2D eigenvalue weighted by Crippen LogP contribution is 2.24. The zero-order chi connectivity index (χ0) is 10.8. The fourth-order valence-corrected chi connectivity index (χ4v) is 2.21. The van der Waals surface area contributed by atoms with E-state index in [0.29, 0.717) is 0 Å². The first-order chi connectivity index (χ1) is 7.16. The zero-order valence-electron chi connectivity index (χ0n) is 8.18. The highest BCUT2D eigenvalue weighted by atomic mass is 79.9. The Balaban J connectivity index is 2.26. The van der Waals surface area contributed by atoms with Crippen LogP contribution in [0.3, 0.4) is 0 Å². The average Bonchev–Trinajstić information content (AvgIpc) is 2.50. The molecule has 0 bridgehead atoms. The Labute approximate surface area is 99.5 Å². The van der Waals surface area contributed by atoms with E-state index in [4.69, 9.17) is 0 Å². The van der Waals surface area contributed by atoms with Gasteiger partial charge in [-0.25, -0.2) is 9.97 Å². The van der Waals surface area contributed by atoms with Gasteiger partial charge in [0, 0.05) is 13.1 Å². The Morgan fingerprint density at radius 2 is 2.13 bits per heavy atom. The van der Waals surface area contributed by atoms with Gasteiger partial charge in [-0.15, -0.1) is 10.2 Å². The summed E-state index contributed by atoms with van der Waals surface area (Å²) >= 11 is 4.75. The molecule has 5 nitrogen and oxygen atoms in total. The molecule has 0 atom stereocenters. The minimum atomic E-state index is 0.763. The predicted molar refractivity (Wildman–Crippen MR) is 59.6 cm³/mol. The molecule has 0 aliphatic carbocycles. The molecule has 0 aliphatic rings. The summed E-state index contributed by atoms with van der Waals surface area (Å²) in [5.41, 5.74) is 0. The van der Waals surface area contributed by atoms with Crippen LogP contribution in [0.5, 0.6) is 0 Å². The normalized spacial score (nSPS) is 10.6. The van der Waals surface area contributed by atoms with Crippen LogP contribution in [0.25, 0.3) is 0 Å². The molecule has 0 aromatic carbocycles. The SMILES string of the molecule is Cc1nnc(Sc2cc(Br)ncn2)n1C. The molecular formula is C8H8BrN5S. The maximum Gasteiger partial charge on any atom is 0.197 e. The van der Waals surface area contributed by atoms with Crippen LogP contribution < -0.4 is 0 Å². The van der Waals surface area contributed by atoms with Crippen molar-refractivity contribution in [1.82, 2.24) is 24.7 Å². The Morgan fingerprint density at radius 1 is 1.33 bits per heavy atom. The summed E-state index contributed by atoms with van der Waals surface area (Å²) in [4.78, 5) is 8.08. The molecule has 0 spiro atoms. The largest absolute Gasteiger partial charge is 0.309 e. The van der Waals surface area contributed by atoms with Crippen LogP contribution in [0, 0.1) is 6.92 Å². The maximum atomic E-state index is 4.13. The molecular weight excluding hydrogens is 278 g/mol. The average molecular weight is 286 g/mol. The number of nitrogens with zero attached hydrogens (tertiary/aromatic N) is 5. The van der Waals surface area contributed by atoms with Crippen molar-refractivity contribution in [3.05, 3.63) is 22.8 Å². The summed E-state index contributed by atoms with van der Waals surface area (Å²) in [7, 11) is 1.92. The van der Waals surface area contributed by atoms with Gasteiger partial charge >= 0.3 is 0 Å². The van der Waals surface area contributed by atoms with Crippen LogP contribution in [0.15, 0.2) is 27.2 Å². The van der Waals surface area contributed by atoms with Crippen LogP contribution in [0.1, 0.15) is 5.82 Å². The van der Waals surface area contributed by atoms with Gasteiger partial charge in [0.1, 0.15) is 21.8 Å². The Morgan fingerprint density at radius 3 is 2.73 bits per heavy atom. The van der Waals surface area contributed by atoms with Crippen molar-refractivity contribution < 1.29 is 0 Å². The van der Waals surface area contributed by atoms with E-state index in [-0.39, 0.29) is 0 Å². The van der Waals surface area contributed by atoms with Crippen molar-refractivity contribution in [2.24, 2.45) is 7.05 Å². The van der Waals surface area contributed by atoms with Crippen molar-refractivity contribution in [3.8, 4) is 0 Å². The van der Waals surface area contributed by atoms with Crippen molar-refractivity contribution in [1.29, 1.82) is 0 Å². The zero-order valence-corrected chi connectivity index (χ0v) is 10.6. The van der Waals surface area contributed by atoms with Crippen LogP contribution >= 0.6 is 27.7 Å². The first-order valence-corrected chi connectivity index (χ1v) is 5.79. The second kappa shape index (κ2) is 4.28. The summed E-state index contributed by atoms with van der Waals surface area (Å²) in [6.45, 7) is 1.91. The molecule has 0 aliphatic heterocycles. The monoisotopic (exact) mass is 285 g/mol. The van der Waals surface area contributed by atoms with Crippen molar-refractivity contribution in [2.45, 2.75) is 17.1 Å². The van der Waals surface area contributed by atoms with Gasteiger partial charge in [0.2, 0.25) is 0 Å². The van der Waals surface area contributed by atoms with E-state index in [9.17, 15) is 0 Å². The summed E-state index contributed by atoms with van der Waals surface area (Å²) in [6, 6.07) is 1.84. The van der Waals surface area contributed by atoms with Crippen LogP contribution in [-0.2, 0) is 7.05 Å². The lowest BCUT2D eigenvalue weighted by atomic mass is 10.7. The fourth-order valence-electron chi connectivity index (χ4n) is 0.943. The third kappa shape index (κ3) is 2.35. The minimum absolute atomic E-state index is 0.763. The van der Waals surface area contributed by atoms with Gasteiger partial charge in [-0.2, -0.15) is 0 Å². The van der Waals surface area contributed by atoms with E-state index in [1.54, 1.807) is 0 Å². The number of hydrogen-bond acceptors (Lipinski definition) is 5. The van der Waals surface area contributed by atoms with Gasteiger partial charge in [-0.05, 0) is 34.6 Å². The molecule has 0 saturated carbocycles. The molecule has 2 aromatic heterocycles. The predicted octanol–water partition coefficient (Wildman–Crippen LogP) is 1.83. The van der Waals surface area contributed by atoms with E-state index < -0.39 is 0 Å². The van der Waals surface area contributed by atoms with Gasteiger partial charge in [-0.1, -0.05) is 0 Å². The van der Waals surface area contributed by atoms with E-state index in [1.807, 2.05) is 24.6 Å². The van der Waals surface area contributed by atoms with E-state index in [0.717, 1.165) is 20.6 Å². The molecule has 0 amide bonds. The molecule has 78 valence electrons.